The van der Waals surface area contributed by atoms with Crippen LogP contribution in [0.4, 0.5) is 5.69 Å². The van der Waals surface area contributed by atoms with Crippen LogP contribution in [-0.2, 0) is 4.74 Å². The molecule has 1 saturated heterocycles. The summed E-state index contributed by atoms with van der Waals surface area (Å²) in [6.07, 6.45) is 7.02. The largest absolute Gasteiger partial charge is 0.478 e. The summed E-state index contributed by atoms with van der Waals surface area (Å²) in [5, 5.41) is 4.46. The van der Waals surface area contributed by atoms with E-state index in [1.54, 1.807) is 0 Å². The Morgan fingerprint density at radius 2 is 1.94 bits per heavy atom. The molecule has 7 nitrogen and oxygen atoms in total. The molecule has 2 aromatic rings. The van der Waals surface area contributed by atoms with Crippen molar-refractivity contribution < 1.29 is 9.47 Å². The van der Waals surface area contributed by atoms with Gasteiger partial charge in [0.2, 0.25) is 5.88 Å². The van der Waals surface area contributed by atoms with Gasteiger partial charge < -0.3 is 14.4 Å². The zero-order valence-corrected chi connectivity index (χ0v) is 19.8. The molecule has 1 aromatic carbocycles. The number of benzene rings is 1. The van der Waals surface area contributed by atoms with Crippen LogP contribution < -0.4 is 4.74 Å². The van der Waals surface area contributed by atoms with E-state index in [4.69, 9.17) is 14.5 Å². The monoisotopic (exact) mass is 447 g/mol. The number of likely N-dealkylation sites (N-methyl/N-ethyl adjacent to an activating group) is 1. The van der Waals surface area contributed by atoms with Crippen molar-refractivity contribution in [2.45, 2.75) is 19.3 Å². The number of rotatable bonds is 7. The normalized spacial score (nSPS) is 18.7. The first kappa shape index (κ1) is 22.1. The Labute approximate surface area is 196 Å². The molecule has 0 aliphatic carbocycles. The Kier molecular flexibility index (Phi) is 6.44. The van der Waals surface area contributed by atoms with Crippen LogP contribution in [0.5, 0.6) is 5.88 Å². The number of fused-ring (bicyclic) bond motifs is 3. The number of ether oxygens (including phenoxy) is 2. The molecule has 0 saturated carbocycles. The summed E-state index contributed by atoms with van der Waals surface area (Å²) >= 11 is 0. The zero-order valence-electron chi connectivity index (χ0n) is 19.8. The molecule has 1 fully saturated rings. The second kappa shape index (κ2) is 9.63. The van der Waals surface area contributed by atoms with E-state index in [-0.39, 0.29) is 0 Å². The molecular weight excluding hydrogens is 414 g/mol. The Bertz CT molecular complexity index is 1040. The summed E-state index contributed by atoms with van der Waals surface area (Å²) in [5.41, 5.74) is 7.25. The van der Waals surface area contributed by atoms with Crippen LogP contribution in [0.15, 0.2) is 47.1 Å². The van der Waals surface area contributed by atoms with Crippen molar-refractivity contribution in [1.82, 2.24) is 19.9 Å². The number of aliphatic imine (C=N–C) groups is 1. The maximum Gasteiger partial charge on any atom is 0.213 e. The topological polar surface area (TPSA) is 53.4 Å². The van der Waals surface area contributed by atoms with Gasteiger partial charge in [-0.15, -0.1) is 0 Å². The zero-order chi connectivity index (χ0) is 22.8. The Balaban J connectivity index is 1.40. The average Bonchev–Trinajstić information content (AvgIpc) is 3.19. The summed E-state index contributed by atoms with van der Waals surface area (Å²) < 4.78 is 11.4. The molecule has 1 aromatic heterocycles. The summed E-state index contributed by atoms with van der Waals surface area (Å²) in [5.74, 6) is 1.24. The van der Waals surface area contributed by atoms with Crippen molar-refractivity contribution in [3.8, 4) is 17.0 Å². The minimum Gasteiger partial charge on any atom is -0.478 e. The van der Waals surface area contributed by atoms with Crippen molar-refractivity contribution in [2.24, 2.45) is 10.9 Å². The lowest BCUT2D eigenvalue weighted by molar-refractivity contribution is 0.0743. The second-order valence-electron chi connectivity index (χ2n) is 9.29. The van der Waals surface area contributed by atoms with Gasteiger partial charge in [-0.2, -0.15) is 0 Å². The first-order valence-electron chi connectivity index (χ1n) is 11.8. The molecule has 4 heterocycles. The highest BCUT2D eigenvalue weighted by molar-refractivity contribution is 5.91. The highest BCUT2D eigenvalue weighted by Crippen LogP contribution is 2.43. The molecule has 7 heteroatoms. The summed E-state index contributed by atoms with van der Waals surface area (Å²) in [6, 6.07) is 10.6. The molecule has 0 bridgehead atoms. The lowest BCUT2D eigenvalue weighted by atomic mass is 9.87. The van der Waals surface area contributed by atoms with Crippen LogP contribution in [0.2, 0.25) is 0 Å². The maximum atomic E-state index is 5.80. The smallest absolute Gasteiger partial charge is 0.213 e. The van der Waals surface area contributed by atoms with Gasteiger partial charge in [0.15, 0.2) is 0 Å². The predicted molar refractivity (Wildman–Crippen MR) is 131 cm³/mol. The van der Waals surface area contributed by atoms with Crippen LogP contribution in [0.1, 0.15) is 24.8 Å². The molecule has 33 heavy (non-hydrogen) atoms. The number of aromatic nitrogens is 1. The van der Waals surface area contributed by atoms with E-state index in [1.165, 1.54) is 16.8 Å². The van der Waals surface area contributed by atoms with Crippen molar-refractivity contribution in [1.29, 1.82) is 0 Å². The summed E-state index contributed by atoms with van der Waals surface area (Å²) in [4.78, 5) is 11.4. The lowest BCUT2D eigenvalue weighted by Gasteiger charge is -2.29. The molecule has 3 aliphatic heterocycles. The van der Waals surface area contributed by atoms with E-state index in [1.807, 2.05) is 18.6 Å². The molecule has 3 aliphatic rings. The van der Waals surface area contributed by atoms with Crippen molar-refractivity contribution in [3.05, 3.63) is 47.7 Å². The summed E-state index contributed by atoms with van der Waals surface area (Å²) in [6.45, 7) is 4.32. The standard InChI is InChI=1S/C26H33N5O2/c1-29(2)11-4-12-33-25-8-6-21(16-27-25)20-5-7-24-22(15-20)26-23(19-9-13-32-14-10-19)17-30(3)31(26)18-28-24/h5-8,15-16,18-19H,4,9-14,17H2,1-3H3. The molecule has 0 spiro atoms. The molecule has 0 radical (unpaired) electrons. The van der Waals surface area contributed by atoms with Gasteiger partial charge in [-0.05, 0) is 68.6 Å². The molecule has 5 rings (SSSR count). The minimum absolute atomic E-state index is 0.565. The Morgan fingerprint density at radius 3 is 2.70 bits per heavy atom. The quantitative estimate of drug-likeness (QED) is 0.597. The van der Waals surface area contributed by atoms with Gasteiger partial charge in [-0.3, -0.25) is 5.01 Å². The third kappa shape index (κ3) is 4.67. The SMILES string of the molecule is CN(C)CCCOc1ccc(-c2ccc3c(c2)C2=C(C4CCOCC4)CN(C)N2C=N3)cn1. The predicted octanol–water partition coefficient (Wildman–Crippen LogP) is 4.05. The lowest BCUT2D eigenvalue weighted by Crippen LogP contribution is -2.33. The number of hydrazine groups is 1. The second-order valence-corrected chi connectivity index (χ2v) is 9.29. The van der Waals surface area contributed by atoms with Crippen LogP contribution >= 0.6 is 0 Å². The van der Waals surface area contributed by atoms with Gasteiger partial charge in [-0.25, -0.2) is 15.0 Å². The van der Waals surface area contributed by atoms with E-state index in [0.29, 0.717) is 18.4 Å². The van der Waals surface area contributed by atoms with Crippen molar-refractivity contribution in [2.75, 3.05) is 54.1 Å². The van der Waals surface area contributed by atoms with Crippen LogP contribution in [0, 0.1) is 5.92 Å². The minimum atomic E-state index is 0.565. The highest BCUT2D eigenvalue weighted by Gasteiger charge is 2.35. The van der Waals surface area contributed by atoms with Crippen molar-refractivity contribution in [3.63, 3.8) is 0 Å². The van der Waals surface area contributed by atoms with E-state index in [9.17, 15) is 0 Å². The number of pyridine rings is 1. The van der Waals surface area contributed by atoms with Gasteiger partial charge >= 0.3 is 0 Å². The fourth-order valence-electron chi connectivity index (χ4n) is 4.85. The van der Waals surface area contributed by atoms with Gasteiger partial charge in [0.05, 0.1) is 18.0 Å². The van der Waals surface area contributed by atoms with Crippen LogP contribution in [-0.4, -0.2) is 80.3 Å². The van der Waals surface area contributed by atoms with Gasteiger partial charge in [0.1, 0.15) is 6.34 Å². The molecule has 0 atom stereocenters. The third-order valence-corrected chi connectivity index (χ3v) is 6.64. The Morgan fingerprint density at radius 1 is 1.12 bits per heavy atom. The van der Waals surface area contributed by atoms with E-state index < -0.39 is 0 Å². The molecular formula is C26H33N5O2. The third-order valence-electron chi connectivity index (χ3n) is 6.64. The molecule has 174 valence electrons. The first-order valence-corrected chi connectivity index (χ1v) is 11.8. The fraction of sp³-hybridized carbons (Fsp3) is 0.462. The van der Waals surface area contributed by atoms with Gasteiger partial charge in [0.25, 0.3) is 0 Å². The van der Waals surface area contributed by atoms with Gasteiger partial charge in [0, 0.05) is 56.7 Å². The fourth-order valence-corrected chi connectivity index (χ4v) is 4.85. The number of nitrogens with zero attached hydrogens (tertiary/aromatic N) is 5. The van der Waals surface area contributed by atoms with Crippen LogP contribution in [0.3, 0.4) is 0 Å². The van der Waals surface area contributed by atoms with E-state index >= 15 is 0 Å². The van der Waals surface area contributed by atoms with Crippen LogP contribution in [0.25, 0.3) is 16.8 Å². The molecule has 0 N–H and O–H groups in total. The van der Waals surface area contributed by atoms with Crippen molar-refractivity contribution >= 4 is 17.7 Å². The summed E-state index contributed by atoms with van der Waals surface area (Å²) in [7, 11) is 6.28. The molecule has 0 unspecified atom stereocenters. The Hall–Kier alpha value is -2.74. The van der Waals surface area contributed by atoms with E-state index in [0.717, 1.165) is 62.4 Å². The maximum absolute atomic E-state index is 5.80. The highest BCUT2D eigenvalue weighted by atomic mass is 16.5. The average molecular weight is 448 g/mol. The van der Waals surface area contributed by atoms with E-state index in [2.05, 4.69) is 65.3 Å². The molecule has 0 amide bonds. The first-order chi connectivity index (χ1) is 16.1. The number of hydrogen-bond acceptors (Lipinski definition) is 7. The van der Waals surface area contributed by atoms with Gasteiger partial charge in [-0.1, -0.05) is 6.07 Å². The number of hydrogen-bond donors (Lipinski definition) is 0.